The summed E-state index contributed by atoms with van der Waals surface area (Å²) >= 11 is 0. The van der Waals surface area contributed by atoms with Gasteiger partial charge in [0.25, 0.3) is 0 Å². The first-order chi connectivity index (χ1) is 5.31. The summed E-state index contributed by atoms with van der Waals surface area (Å²) in [5.74, 6) is 0.434. The van der Waals surface area contributed by atoms with E-state index in [2.05, 4.69) is 0 Å². The van der Waals surface area contributed by atoms with E-state index in [1.165, 1.54) is 6.08 Å². The normalized spacial score (nSPS) is 13.2. The van der Waals surface area contributed by atoms with Crippen molar-refractivity contribution >= 4 is 12.6 Å². The zero-order chi connectivity index (χ0) is 8.53. The van der Waals surface area contributed by atoms with Gasteiger partial charge in [-0.25, -0.2) is 0 Å². The summed E-state index contributed by atoms with van der Waals surface area (Å²) in [6.07, 6.45) is 7.51. The Kier molecular flexibility index (Phi) is 6.59. The quantitative estimate of drug-likeness (QED) is 0.431. The van der Waals surface area contributed by atoms with Crippen molar-refractivity contribution in [3.8, 4) is 0 Å². The Balaban J connectivity index is 3.29. The van der Waals surface area contributed by atoms with Crippen LogP contribution < -0.4 is 0 Å². The SMILES string of the molecule is C[C@H](CC=O)CC/C=C/C=O. The highest BCUT2D eigenvalue weighted by molar-refractivity contribution is 5.64. The maximum absolute atomic E-state index is 10.0. The van der Waals surface area contributed by atoms with Gasteiger partial charge in [-0.1, -0.05) is 13.0 Å². The molecule has 0 saturated carbocycles. The molecule has 0 aliphatic heterocycles. The van der Waals surface area contributed by atoms with E-state index in [9.17, 15) is 9.59 Å². The number of rotatable bonds is 6. The molecule has 0 aliphatic carbocycles. The van der Waals surface area contributed by atoms with Crippen LogP contribution in [0.5, 0.6) is 0 Å². The molecule has 0 radical (unpaired) electrons. The van der Waals surface area contributed by atoms with Crippen molar-refractivity contribution in [1.82, 2.24) is 0 Å². The average Bonchev–Trinajstić information content (AvgIpc) is 1.99. The molecule has 0 spiro atoms. The molecule has 1 atom stereocenters. The summed E-state index contributed by atoms with van der Waals surface area (Å²) in [4.78, 5) is 19.9. The van der Waals surface area contributed by atoms with Gasteiger partial charge in [0.15, 0.2) is 0 Å². The fourth-order valence-electron chi connectivity index (χ4n) is 0.815. The first-order valence-corrected chi connectivity index (χ1v) is 3.85. The van der Waals surface area contributed by atoms with E-state index in [1.807, 2.05) is 13.0 Å². The Hall–Kier alpha value is -0.920. The fraction of sp³-hybridized carbons (Fsp3) is 0.556. The molecule has 0 aromatic heterocycles. The molecule has 0 aromatic carbocycles. The van der Waals surface area contributed by atoms with Crippen LogP contribution in [0.3, 0.4) is 0 Å². The monoisotopic (exact) mass is 154 g/mol. The van der Waals surface area contributed by atoms with Crippen molar-refractivity contribution in [2.75, 3.05) is 0 Å². The summed E-state index contributed by atoms with van der Waals surface area (Å²) in [5, 5.41) is 0. The van der Waals surface area contributed by atoms with E-state index >= 15 is 0 Å². The Labute approximate surface area is 67.3 Å². The lowest BCUT2D eigenvalue weighted by atomic mass is 10.0. The molecule has 0 heterocycles. The van der Waals surface area contributed by atoms with Gasteiger partial charge in [0.2, 0.25) is 0 Å². The Morgan fingerprint density at radius 3 is 2.64 bits per heavy atom. The van der Waals surface area contributed by atoms with Crippen LogP contribution >= 0.6 is 0 Å². The van der Waals surface area contributed by atoms with Crippen molar-refractivity contribution in [2.45, 2.75) is 26.2 Å². The van der Waals surface area contributed by atoms with Gasteiger partial charge < -0.3 is 4.79 Å². The average molecular weight is 154 g/mol. The van der Waals surface area contributed by atoms with E-state index < -0.39 is 0 Å². The maximum atomic E-state index is 10.0. The predicted octanol–water partition coefficient (Wildman–Crippen LogP) is 1.75. The predicted molar refractivity (Wildman–Crippen MR) is 44.3 cm³/mol. The van der Waals surface area contributed by atoms with Gasteiger partial charge in [0.1, 0.15) is 12.6 Å². The summed E-state index contributed by atoms with van der Waals surface area (Å²) in [6, 6.07) is 0. The van der Waals surface area contributed by atoms with Gasteiger partial charge in [-0.2, -0.15) is 0 Å². The maximum Gasteiger partial charge on any atom is 0.142 e. The van der Waals surface area contributed by atoms with E-state index in [4.69, 9.17) is 0 Å². The third-order valence-electron chi connectivity index (χ3n) is 1.54. The molecule has 0 N–H and O–H groups in total. The second kappa shape index (κ2) is 7.19. The minimum absolute atomic E-state index is 0.434. The summed E-state index contributed by atoms with van der Waals surface area (Å²) < 4.78 is 0. The van der Waals surface area contributed by atoms with Crippen LogP contribution in [0.1, 0.15) is 26.2 Å². The standard InChI is InChI=1S/C9H14O2/c1-9(6-8-11)5-3-2-4-7-10/h2,4,7-9H,3,5-6H2,1H3/b4-2+/t9-/m0/s1. The third kappa shape index (κ3) is 6.97. The van der Waals surface area contributed by atoms with Gasteiger partial charge in [0, 0.05) is 6.42 Å². The lowest BCUT2D eigenvalue weighted by Gasteiger charge is -2.02. The van der Waals surface area contributed by atoms with Crippen LogP contribution in [0, 0.1) is 5.92 Å². The van der Waals surface area contributed by atoms with Gasteiger partial charge in [-0.15, -0.1) is 0 Å². The second-order valence-corrected chi connectivity index (χ2v) is 2.65. The summed E-state index contributed by atoms with van der Waals surface area (Å²) in [7, 11) is 0. The zero-order valence-corrected chi connectivity index (χ0v) is 6.82. The van der Waals surface area contributed by atoms with E-state index in [0.29, 0.717) is 12.3 Å². The van der Waals surface area contributed by atoms with Gasteiger partial charge in [-0.3, -0.25) is 4.79 Å². The minimum atomic E-state index is 0.434. The number of carbonyl (C=O) groups excluding carboxylic acids is 2. The highest BCUT2D eigenvalue weighted by Crippen LogP contribution is 2.08. The molecule has 0 rings (SSSR count). The molecule has 0 bridgehead atoms. The van der Waals surface area contributed by atoms with Crippen LogP contribution in [-0.2, 0) is 9.59 Å². The molecular formula is C9H14O2. The van der Waals surface area contributed by atoms with E-state index in [0.717, 1.165) is 25.4 Å². The first-order valence-electron chi connectivity index (χ1n) is 3.85. The van der Waals surface area contributed by atoms with Gasteiger partial charge >= 0.3 is 0 Å². The molecule has 11 heavy (non-hydrogen) atoms. The topological polar surface area (TPSA) is 34.1 Å². The van der Waals surface area contributed by atoms with Crippen molar-refractivity contribution in [3.05, 3.63) is 12.2 Å². The number of carbonyl (C=O) groups is 2. The molecule has 2 heteroatoms. The molecule has 0 amide bonds. The van der Waals surface area contributed by atoms with Crippen LogP contribution in [0.2, 0.25) is 0 Å². The third-order valence-corrected chi connectivity index (χ3v) is 1.54. The Morgan fingerprint density at radius 2 is 2.09 bits per heavy atom. The smallest absolute Gasteiger partial charge is 0.142 e. The van der Waals surface area contributed by atoms with Crippen LogP contribution in [-0.4, -0.2) is 12.6 Å². The van der Waals surface area contributed by atoms with Gasteiger partial charge in [-0.05, 0) is 24.8 Å². The molecular weight excluding hydrogens is 140 g/mol. The highest BCUT2D eigenvalue weighted by Gasteiger charge is 1.97. The lowest BCUT2D eigenvalue weighted by Crippen LogP contribution is -1.93. The van der Waals surface area contributed by atoms with Crippen LogP contribution in [0.25, 0.3) is 0 Å². The van der Waals surface area contributed by atoms with Crippen molar-refractivity contribution in [3.63, 3.8) is 0 Å². The Bertz CT molecular complexity index is 138. The molecule has 0 unspecified atom stereocenters. The molecule has 0 aliphatic rings. The number of allylic oxidation sites excluding steroid dienone is 2. The molecule has 2 nitrogen and oxygen atoms in total. The summed E-state index contributed by atoms with van der Waals surface area (Å²) in [6.45, 7) is 2.03. The molecule has 62 valence electrons. The molecule has 0 fully saturated rings. The number of aldehydes is 2. The summed E-state index contributed by atoms with van der Waals surface area (Å²) in [5.41, 5.74) is 0. The van der Waals surface area contributed by atoms with Crippen molar-refractivity contribution in [2.24, 2.45) is 5.92 Å². The molecule has 0 aromatic rings. The second-order valence-electron chi connectivity index (χ2n) is 2.65. The largest absolute Gasteiger partial charge is 0.303 e. The fourth-order valence-corrected chi connectivity index (χ4v) is 0.815. The number of hydrogen-bond acceptors (Lipinski definition) is 2. The van der Waals surface area contributed by atoms with Crippen molar-refractivity contribution in [1.29, 1.82) is 0 Å². The number of hydrogen-bond donors (Lipinski definition) is 0. The minimum Gasteiger partial charge on any atom is -0.303 e. The van der Waals surface area contributed by atoms with Crippen molar-refractivity contribution < 1.29 is 9.59 Å². The van der Waals surface area contributed by atoms with Crippen LogP contribution in [0.15, 0.2) is 12.2 Å². The first kappa shape index (κ1) is 10.1. The van der Waals surface area contributed by atoms with Crippen LogP contribution in [0.4, 0.5) is 0 Å². The lowest BCUT2D eigenvalue weighted by molar-refractivity contribution is -0.108. The molecule has 0 saturated heterocycles. The van der Waals surface area contributed by atoms with Gasteiger partial charge in [0.05, 0.1) is 0 Å². The Morgan fingerprint density at radius 1 is 1.36 bits per heavy atom. The highest BCUT2D eigenvalue weighted by atomic mass is 16.1. The van der Waals surface area contributed by atoms with E-state index in [1.54, 1.807) is 0 Å². The zero-order valence-electron chi connectivity index (χ0n) is 6.82. The van der Waals surface area contributed by atoms with E-state index in [-0.39, 0.29) is 0 Å².